The molecule has 0 saturated carbocycles. The molecule has 7 heteroatoms. The van der Waals surface area contributed by atoms with Gasteiger partial charge in [0.15, 0.2) is 0 Å². The van der Waals surface area contributed by atoms with Gasteiger partial charge < -0.3 is 10.8 Å². The molecule has 0 aromatic carbocycles. The van der Waals surface area contributed by atoms with Crippen LogP contribution in [0.2, 0.25) is 0 Å². The van der Waals surface area contributed by atoms with Gasteiger partial charge in [0.2, 0.25) is 0 Å². The summed E-state index contributed by atoms with van der Waals surface area (Å²) >= 11 is 0. The molecule has 1 aromatic rings. The van der Waals surface area contributed by atoms with Crippen LogP contribution in [0.3, 0.4) is 0 Å². The summed E-state index contributed by atoms with van der Waals surface area (Å²) in [4.78, 5) is 24.9. The van der Waals surface area contributed by atoms with Crippen LogP contribution in [0.5, 0.6) is 0 Å². The number of aromatic nitrogens is 1. The minimum absolute atomic E-state index is 0.0656. The van der Waals surface area contributed by atoms with Crippen LogP contribution in [-0.2, 0) is 0 Å². The summed E-state index contributed by atoms with van der Waals surface area (Å²) in [5.41, 5.74) is 5.18. The first-order valence-corrected chi connectivity index (χ1v) is 3.50. The van der Waals surface area contributed by atoms with E-state index in [-0.39, 0.29) is 11.4 Å². The van der Waals surface area contributed by atoms with Gasteiger partial charge in [0.1, 0.15) is 5.82 Å². The van der Waals surface area contributed by atoms with Crippen molar-refractivity contribution in [1.82, 2.24) is 10.0 Å². The zero-order valence-electron chi connectivity index (χ0n) is 6.91. The van der Waals surface area contributed by atoms with E-state index in [1.165, 1.54) is 12.1 Å². The highest BCUT2D eigenvalue weighted by molar-refractivity contribution is 6.01. The highest BCUT2D eigenvalue weighted by Crippen LogP contribution is 2.04. The number of hydroxylamine groups is 2. The lowest BCUT2D eigenvalue weighted by Gasteiger charge is -2.07. The molecule has 0 saturated heterocycles. The molecule has 14 heavy (non-hydrogen) atoms. The zero-order chi connectivity index (χ0) is 10.7. The highest BCUT2D eigenvalue weighted by atomic mass is 16.6. The molecule has 4 N–H and O–H groups in total. The van der Waals surface area contributed by atoms with Gasteiger partial charge in [0, 0.05) is 6.20 Å². The standard InChI is InChI=1S/C7H7N3O4/c8-5-2-1-4(3-9-5)6(11)10(14)7(12)13/h1-3,14H,(H2,8,9)(H,12,13). The molecule has 0 aliphatic heterocycles. The van der Waals surface area contributed by atoms with Crippen LogP contribution in [0, 0.1) is 0 Å². The number of pyridine rings is 1. The summed E-state index contributed by atoms with van der Waals surface area (Å²) in [6, 6.07) is 2.58. The van der Waals surface area contributed by atoms with E-state index in [1.807, 2.05) is 0 Å². The van der Waals surface area contributed by atoms with Crippen LogP contribution in [0.15, 0.2) is 18.3 Å². The number of rotatable bonds is 1. The number of nitrogens with zero attached hydrogens (tertiary/aromatic N) is 2. The number of nitrogens with two attached hydrogens (primary N) is 1. The van der Waals surface area contributed by atoms with Crippen molar-refractivity contribution in [3.63, 3.8) is 0 Å². The first-order chi connectivity index (χ1) is 6.52. The number of amides is 2. The summed E-state index contributed by atoms with van der Waals surface area (Å²) < 4.78 is 0. The summed E-state index contributed by atoms with van der Waals surface area (Å²) in [6.45, 7) is 0. The molecule has 74 valence electrons. The molecule has 0 aliphatic carbocycles. The SMILES string of the molecule is Nc1ccc(C(=O)N(O)C(=O)O)cn1. The van der Waals surface area contributed by atoms with Crippen molar-refractivity contribution in [2.24, 2.45) is 0 Å². The predicted octanol–water partition coefficient (Wildman–Crippen LogP) is 0.173. The lowest BCUT2D eigenvalue weighted by atomic mass is 10.2. The maximum absolute atomic E-state index is 11.1. The molecule has 0 aliphatic rings. The Bertz CT molecular complexity index is 362. The largest absolute Gasteiger partial charge is 0.463 e. The lowest BCUT2D eigenvalue weighted by molar-refractivity contribution is -0.0396. The molecule has 7 nitrogen and oxygen atoms in total. The van der Waals surface area contributed by atoms with Crippen molar-refractivity contribution in [2.45, 2.75) is 0 Å². The molecule has 0 spiro atoms. The van der Waals surface area contributed by atoms with Crippen molar-refractivity contribution >= 4 is 17.8 Å². The van der Waals surface area contributed by atoms with Gasteiger partial charge in [-0.3, -0.25) is 10.0 Å². The first kappa shape index (κ1) is 9.93. The predicted molar refractivity (Wildman–Crippen MR) is 44.6 cm³/mol. The Hall–Kier alpha value is -2.15. The van der Waals surface area contributed by atoms with Crippen LogP contribution in [0.25, 0.3) is 0 Å². The molecule has 0 unspecified atom stereocenters. The zero-order valence-corrected chi connectivity index (χ0v) is 6.91. The number of hydrogen-bond acceptors (Lipinski definition) is 5. The highest BCUT2D eigenvalue weighted by Gasteiger charge is 2.19. The van der Waals surface area contributed by atoms with Crippen LogP contribution in [0.4, 0.5) is 10.6 Å². The topological polar surface area (TPSA) is 117 Å². The van der Waals surface area contributed by atoms with Gasteiger partial charge in [0.25, 0.3) is 5.91 Å². The van der Waals surface area contributed by atoms with E-state index in [0.717, 1.165) is 6.20 Å². The number of nitrogen functional groups attached to an aromatic ring is 1. The first-order valence-electron chi connectivity index (χ1n) is 3.50. The number of carbonyl (C=O) groups excluding carboxylic acids is 1. The minimum Gasteiger partial charge on any atom is -0.463 e. The molecular formula is C7H7N3O4. The van der Waals surface area contributed by atoms with Crippen molar-refractivity contribution in [2.75, 3.05) is 5.73 Å². The molecule has 1 aromatic heterocycles. The van der Waals surface area contributed by atoms with E-state index in [1.54, 1.807) is 0 Å². The quantitative estimate of drug-likeness (QED) is 0.436. The minimum atomic E-state index is -1.76. The second kappa shape index (κ2) is 3.71. The van der Waals surface area contributed by atoms with Gasteiger partial charge in [-0.1, -0.05) is 0 Å². The van der Waals surface area contributed by atoms with E-state index in [4.69, 9.17) is 16.0 Å². The molecule has 0 radical (unpaired) electrons. The second-order valence-corrected chi connectivity index (χ2v) is 2.37. The van der Waals surface area contributed by atoms with E-state index < -0.39 is 17.1 Å². The number of hydrogen-bond donors (Lipinski definition) is 3. The Morgan fingerprint density at radius 3 is 2.50 bits per heavy atom. The maximum Gasteiger partial charge on any atom is 0.439 e. The third-order valence-electron chi connectivity index (χ3n) is 1.41. The van der Waals surface area contributed by atoms with Gasteiger partial charge in [-0.15, -0.1) is 5.06 Å². The average Bonchev–Trinajstić information content (AvgIpc) is 2.16. The second-order valence-electron chi connectivity index (χ2n) is 2.37. The lowest BCUT2D eigenvalue weighted by Crippen LogP contribution is -2.32. The van der Waals surface area contributed by atoms with E-state index in [2.05, 4.69) is 4.98 Å². The Morgan fingerprint density at radius 2 is 2.07 bits per heavy atom. The Morgan fingerprint density at radius 1 is 1.43 bits per heavy atom. The number of imide groups is 1. The summed E-state index contributed by atoms with van der Waals surface area (Å²) in [6.07, 6.45) is -0.684. The number of anilines is 1. The summed E-state index contributed by atoms with van der Waals surface area (Å²) in [5, 5.41) is 16.6. The normalized spacial score (nSPS) is 9.50. The van der Waals surface area contributed by atoms with Gasteiger partial charge in [-0.2, -0.15) is 0 Å². The van der Waals surface area contributed by atoms with E-state index in [0.29, 0.717) is 0 Å². The van der Waals surface area contributed by atoms with Crippen molar-refractivity contribution in [3.05, 3.63) is 23.9 Å². The van der Waals surface area contributed by atoms with E-state index in [9.17, 15) is 9.59 Å². The van der Waals surface area contributed by atoms with Crippen molar-refractivity contribution in [1.29, 1.82) is 0 Å². The smallest absolute Gasteiger partial charge is 0.439 e. The van der Waals surface area contributed by atoms with Gasteiger partial charge in [-0.25, -0.2) is 9.78 Å². The fourth-order valence-electron chi connectivity index (χ4n) is 0.741. The van der Waals surface area contributed by atoms with Crippen LogP contribution in [-0.4, -0.2) is 32.4 Å². The van der Waals surface area contributed by atoms with Crippen molar-refractivity contribution in [3.8, 4) is 0 Å². The van der Waals surface area contributed by atoms with E-state index >= 15 is 0 Å². The van der Waals surface area contributed by atoms with Gasteiger partial charge >= 0.3 is 6.09 Å². The molecule has 0 fully saturated rings. The van der Waals surface area contributed by atoms with Gasteiger partial charge in [-0.05, 0) is 12.1 Å². The monoisotopic (exact) mass is 197 g/mol. The molecular weight excluding hydrogens is 190 g/mol. The van der Waals surface area contributed by atoms with Crippen LogP contribution < -0.4 is 5.73 Å². The Labute approximate surface area is 78.3 Å². The molecule has 0 atom stereocenters. The molecule has 1 heterocycles. The number of carbonyl (C=O) groups is 2. The molecule has 2 amide bonds. The number of carboxylic acid groups (broad SMARTS) is 1. The summed E-state index contributed by atoms with van der Waals surface area (Å²) in [7, 11) is 0. The Balaban J connectivity index is 2.90. The maximum atomic E-state index is 11.1. The van der Waals surface area contributed by atoms with Crippen LogP contribution >= 0.6 is 0 Å². The average molecular weight is 197 g/mol. The fourth-order valence-corrected chi connectivity index (χ4v) is 0.741. The Kier molecular flexibility index (Phi) is 2.63. The third kappa shape index (κ3) is 1.96. The summed E-state index contributed by atoms with van der Waals surface area (Å²) in [5.74, 6) is -0.883. The third-order valence-corrected chi connectivity index (χ3v) is 1.41. The van der Waals surface area contributed by atoms with Crippen molar-refractivity contribution < 1.29 is 19.9 Å². The molecule has 1 rings (SSSR count). The van der Waals surface area contributed by atoms with Gasteiger partial charge in [0.05, 0.1) is 5.56 Å². The van der Waals surface area contributed by atoms with Crippen LogP contribution in [0.1, 0.15) is 10.4 Å². The molecule has 0 bridgehead atoms. The fraction of sp³-hybridized carbons (Fsp3) is 0.